The zero-order chi connectivity index (χ0) is 14.7. The minimum absolute atomic E-state index is 0.149. The molecule has 1 saturated heterocycles. The molecule has 20 heavy (non-hydrogen) atoms. The van der Waals surface area contributed by atoms with E-state index in [1.807, 2.05) is 18.7 Å². The van der Waals surface area contributed by atoms with Gasteiger partial charge in [-0.3, -0.25) is 9.89 Å². The Bertz CT molecular complexity index is 490. The Morgan fingerprint density at radius 3 is 2.55 bits per heavy atom. The summed E-state index contributed by atoms with van der Waals surface area (Å²) in [5, 5.41) is 7.54. The third-order valence-electron chi connectivity index (χ3n) is 3.87. The van der Waals surface area contributed by atoms with Gasteiger partial charge in [-0.05, 0) is 38.7 Å². The Morgan fingerprint density at radius 2 is 2.05 bits per heavy atom. The number of allylic oxidation sites excluding steroid dienone is 1. The van der Waals surface area contributed by atoms with Gasteiger partial charge in [-0.1, -0.05) is 19.4 Å². The van der Waals surface area contributed by atoms with Crippen LogP contribution in [0, 0.1) is 0 Å². The van der Waals surface area contributed by atoms with Crippen molar-refractivity contribution in [1.82, 2.24) is 15.1 Å². The van der Waals surface area contributed by atoms with Crippen LogP contribution >= 0.6 is 0 Å². The van der Waals surface area contributed by atoms with Crippen molar-refractivity contribution < 1.29 is 4.79 Å². The average molecular weight is 275 g/mol. The first-order valence-electron chi connectivity index (χ1n) is 7.46. The Balaban J connectivity index is 1.93. The summed E-state index contributed by atoms with van der Waals surface area (Å²) in [6, 6.07) is 2.18. The number of H-pyrrole nitrogens is 1. The predicted molar refractivity (Wildman–Crippen MR) is 80.7 cm³/mol. The van der Waals surface area contributed by atoms with Crippen molar-refractivity contribution in [2.45, 2.75) is 52.4 Å². The third-order valence-corrected chi connectivity index (χ3v) is 3.87. The topological polar surface area (TPSA) is 49.0 Å². The minimum atomic E-state index is 0.149. The van der Waals surface area contributed by atoms with Gasteiger partial charge >= 0.3 is 0 Å². The molecule has 4 heteroatoms. The second kappa shape index (κ2) is 6.25. The molecule has 0 saturated carbocycles. The molecule has 1 aliphatic rings. The number of carbonyl (C=O) groups is 1. The molecule has 0 radical (unpaired) electrons. The van der Waals surface area contributed by atoms with Gasteiger partial charge in [0, 0.05) is 30.8 Å². The van der Waals surface area contributed by atoms with Gasteiger partial charge in [-0.15, -0.1) is 0 Å². The van der Waals surface area contributed by atoms with Gasteiger partial charge in [-0.2, -0.15) is 5.10 Å². The molecule has 1 aromatic heterocycles. The smallest absolute Gasteiger partial charge is 0.246 e. The number of aromatic nitrogens is 2. The summed E-state index contributed by atoms with van der Waals surface area (Å²) in [5.41, 5.74) is 3.42. The number of hydrogen-bond donors (Lipinski definition) is 1. The summed E-state index contributed by atoms with van der Waals surface area (Å²) < 4.78 is 0. The summed E-state index contributed by atoms with van der Waals surface area (Å²) in [7, 11) is 0. The van der Waals surface area contributed by atoms with E-state index < -0.39 is 0 Å². The Hall–Kier alpha value is -1.58. The molecule has 1 N–H and O–H groups in total. The van der Waals surface area contributed by atoms with Crippen LogP contribution in [0.25, 0.3) is 0 Å². The molecule has 2 rings (SSSR count). The van der Waals surface area contributed by atoms with Gasteiger partial charge in [0.15, 0.2) is 0 Å². The normalized spacial score (nSPS) is 16.6. The number of aromatic amines is 1. The maximum atomic E-state index is 12.0. The Morgan fingerprint density at radius 1 is 1.40 bits per heavy atom. The van der Waals surface area contributed by atoms with Crippen molar-refractivity contribution in [2.24, 2.45) is 0 Å². The summed E-state index contributed by atoms with van der Waals surface area (Å²) in [6.45, 7) is 9.90. The van der Waals surface area contributed by atoms with Crippen molar-refractivity contribution in [3.05, 3.63) is 29.1 Å². The molecule has 0 aromatic carbocycles. The van der Waals surface area contributed by atoms with E-state index >= 15 is 0 Å². The lowest BCUT2D eigenvalue weighted by molar-refractivity contribution is -0.127. The first kappa shape index (κ1) is 14.8. The molecule has 0 unspecified atom stereocenters. The van der Waals surface area contributed by atoms with E-state index in [1.54, 1.807) is 6.08 Å². The number of amides is 1. The molecule has 1 amide bonds. The quantitative estimate of drug-likeness (QED) is 0.861. The number of likely N-dealkylation sites (tertiary alicyclic amines) is 1. The highest BCUT2D eigenvalue weighted by Gasteiger charge is 2.24. The fraction of sp³-hybridized carbons (Fsp3) is 0.625. The number of rotatable bonds is 3. The lowest BCUT2D eigenvalue weighted by Crippen LogP contribution is -2.37. The van der Waals surface area contributed by atoms with E-state index in [0.29, 0.717) is 11.8 Å². The molecule has 0 aliphatic carbocycles. The van der Waals surface area contributed by atoms with Crippen molar-refractivity contribution in [1.29, 1.82) is 0 Å². The molecule has 0 atom stereocenters. The van der Waals surface area contributed by atoms with Crippen LogP contribution < -0.4 is 0 Å². The van der Waals surface area contributed by atoms with Crippen molar-refractivity contribution in [2.75, 3.05) is 13.1 Å². The van der Waals surface area contributed by atoms with Crippen LogP contribution in [0.1, 0.15) is 63.8 Å². The van der Waals surface area contributed by atoms with Crippen LogP contribution in [0.3, 0.4) is 0 Å². The van der Waals surface area contributed by atoms with Crippen LogP contribution in [0.2, 0.25) is 0 Å². The number of hydrogen-bond acceptors (Lipinski definition) is 2. The highest BCUT2D eigenvalue weighted by molar-refractivity contribution is 5.88. The number of nitrogens with zero attached hydrogens (tertiary/aromatic N) is 2. The van der Waals surface area contributed by atoms with Gasteiger partial charge in [0.05, 0.1) is 5.69 Å². The molecule has 4 nitrogen and oxygen atoms in total. The molecule has 110 valence electrons. The largest absolute Gasteiger partial charge is 0.339 e. The Kier molecular flexibility index (Phi) is 4.63. The summed E-state index contributed by atoms with van der Waals surface area (Å²) in [5.74, 6) is 1.11. The highest BCUT2D eigenvalue weighted by atomic mass is 16.2. The van der Waals surface area contributed by atoms with E-state index in [4.69, 9.17) is 0 Å². The molecular formula is C16H25N3O. The first-order chi connectivity index (χ1) is 9.47. The lowest BCUT2D eigenvalue weighted by Gasteiger charge is -2.30. The zero-order valence-electron chi connectivity index (χ0n) is 12.9. The van der Waals surface area contributed by atoms with E-state index in [2.05, 4.69) is 30.1 Å². The third kappa shape index (κ3) is 3.50. The summed E-state index contributed by atoms with van der Waals surface area (Å²) in [6.07, 6.45) is 3.76. The van der Waals surface area contributed by atoms with E-state index in [9.17, 15) is 4.79 Å². The fourth-order valence-electron chi connectivity index (χ4n) is 2.61. The van der Waals surface area contributed by atoms with Crippen molar-refractivity contribution in [3.63, 3.8) is 0 Å². The summed E-state index contributed by atoms with van der Waals surface area (Å²) in [4.78, 5) is 13.9. The van der Waals surface area contributed by atoms with Crippen molar-refractivity contribution in [3.8, 4) is 0 Å². The van der Waals surface area contributed by atoms with Gasteiger partial charge in [0.2, 0.25) is 5.91 Å². The number of piperidine rings is 1. The van der Waals surface area contributed by atoms with Crippen LogP contribution in [-0.4, -0.2) is 34.1 Å². The van der Waals surface area contributed by atoms with Crippen LogP contribution in [0.5, 0.6) is 0 Å². The van der Waals surface area contributed by atoms with Gasteiger partial charge < -0.3 is 4.90 Å². The van der Waals surface area contributed by atoms with Crippen LogP contribution in [0.4, 0.5) is 0 Å². The number of nitrogens with one attached hydrogen (secondary N) is 1. The van der Waals surface area contributed by atoms with Crippen LogP contribution in [-0.2, 0) is 4.79 Å². The van der Waals surface area contributed by atoms with Gasteiger partial charge in [0.25, 0.3) is 0 Å². The molecular weight excluding hydrogens is 250 g/mol. The zero-order valence-corrected chi connectivity index (χ0v) is 12.9. The van der Waals surface area contributed by atoms with Gasteiger partial charge in [0.1, 0.15) is 0 Å². The Labute approximate surface area is 121 Å². The molecule has 0 bridgehead atoms. The fourth-order valence-corrected chi connectivity index (χ4v) is 2.61. The SMILES string of the molecule is CC(C)=CC(=O)N1CCC(c2cc(C(C)C)n[nH]2)CC1. The predicted octanol–water partition coefficient (Wildman–Crippen LogP) is 3.21. The summed E-state index contributed by atoms with van der Waals surface area (Å²) >= 11 is 0. The maximum Gasteiger partial charge on any atom is 0.246 e. The van der Waals surface area contributed by atoms with Crippen LogP contribution in [0.15, 0.2) is 17.7 Å². The standard InChI is InChI=1S/C16H25N3O/c1-11(2)9-16(20)19-7-5-13(6-8-19)15-10-14(12(3)4)17-18-15/h9-10,12-13H,5-8H2,1-4H3,(H,17,18). The van der Waals surface area contributed by atoms with E-state index in [1.165, 1.54) is 5.69 Å². The number of carbonyl (C=O) groups excluding carboxylic acids is 1. The highest BCUT2D eigenvalue weighted by Crippen LogP contribution is 2.28. The average Bonchev–Trinajstić information content (AvgIpc) is 2.88. The molecule has 1 aromatic rings. The van der Waals surface area contributed by atoms with E-state index in [-0.39, 0.29) is 5.91 Å². The molecule has 1 aliphatic heterocycles. The minimum Gasteiger partial charge on any atom is -0.339 e. The molecule has 0 spiro atoms. The van der Waals surface area contributed by atoms with Gasteiger partial charge in [-0.25, -0.2) is 0 Å². The van der Waals surface area contributed by atoms with E-state index in [0.717, 1.165) is 37.2 Å². The monoisotopic (exact) mass is 275 g/mol. The molecule has 2 heterocycles. The second-order valence-electron chi connectivity index (χ2n) is 6.22. The first-order valence-corrected chi connectivity index (χ1v) is 7.46. The lowest BCUT2D eigenvalue weighted by atomic mass is 9.93. The second-order valence-corrected chi connectivity index (χ2v) is 6.22. The molecule has 1 fully saturated rings. The van der Waals surface area contributed by atoms with Crippen molar-refractivity contribution >= 4 is 5.91 Å². The maximum absolute atomic E-state index is 12.0.